The van der Waals surface area contributed by atoms with Crippen LogP contribution in [0.3, 0.4) is 0 Å². The number of rotatable bonds is 5. The Morgan fingerprint density at radius 1 is 1.25 bits per heavy atom. The van der Waals surface area contributed by atoms with Gasteiger partial charge in [0.15, 0.2) is 0 Å². The molecule has 104 valence electrons. The molecule has 20 heavy (non-hydrogen) atoms. The molecule has 0 aliphatic heterocycles. The Morgan fingerprint density at radius 2 is 2.05 bits per heavy atom. The van der Waals surface area contributed by atoms with Gasteiger partial charge in [-0.25, -0.2) is 4.79 Å². The first kappa shape index (κ1) is 13.7. The van der Waals surface area contributed by atoms with Crippen LogP contribution in [-0.4, -0.2) is 22.1 Å². The van der Waals surface area contributed by atoms with Crippen molar-refractivity contribution in [2.75, 3.05) is 5.32 Å². The maximum Gasteiger partial charge on any atom is 0.337 e. The van der Waals surface area contributed by atoms with Crippen LogP contribution in [0.4, 0.5) is 5.69 Å². The summed E-state index contributed by atoms with van der Waals surface area (Å²) in [5.41, 5.74) is -0.00362. The van der Waals surface area contributed by atoms with Crippen molar-refractivity contribution < 1.29 is 24.2 Å². The van der Waals surface area contributed by atoms with Crippen LogP contribution in [0.5, 0.6) is 5.75 Å². The molecule has 1 aromatic heterocycles. The van der Waals surface area contributed by atoms with Crippen LogP contribution >= 0.6 is 0 Å². The van der Waals surface area contributed by atoms with E-state index in [1.54, 1.807) is 12.1 Å². The number of carboxylic acids is 1. The van der Waals surface area contributed by atoms with Crippen LogP contribution in [-0.2, 0) is 11.2 Å². The van der Waals surface area contributed by atoms with E-state index < -0.39 is 5.97 Å². The van der Waals surface area contributed by atoms with Crippen LogP contribution in [0.25, 0.3) is 0 Å². The Morgan fingerprint density at radius 3 is 2.70 bits per heavy atom. The number of benzene rings is 1. The molecule has 1 amide bonds. The van der Waals surface area contributed by atoms with Crippen molar-refractivity contribution in [2.24, 2.45) is 0 Å². The summed E-state index contributed by atoms with van der Waals surface area (Å²) < 4.78 is 5.10. The van der Waals surface area contributed by atoms with Gasteiger partial charge in [-0.05, 0) is 30.3 Å². The Bertz CT molecular complexity index is 618. The third-order valence-corrected chi connectivity index (χ3v) is 2.69. The minimum absolute atomic E-state index is 0.153. The predicted octanol–water partition coefficient (Wildman–Crippen LogP) is 2.25. The number of hydrogen-bond acceptors (Lipinski definition) is 4. The molecule has 0 bridgehead atoms. The molecule has 6 nitrogen and oxygen atoms in total. The van der Waals surface area contributed by atoms with Gasteiger partial charge in [0.05, 0.1) is 17.5 Å². The van der Waals surface area contributed by atoms with E-state index in [1.807, 2.05) is 0 Å². The first-order valence-electron chi connectivity index (χ1n) is 5.95. The molecule has 0 saturated heterocycles. The van der Waals surface area contributed by atoms with Crippen molar-refractivity contribution in [1.29, 1.82) is 0 Å². The summed E-state index contributed by atoms with van der Waals surface area (Å²) in [6, 6.07) is 7.24. The van der Waals surface area contributed by atoms with Gasteiger partial charge in [0.1, 0.15) is 11.5 Å². The fraction of sp³-hybridized carbons (Fsp3) is 0.143. The van der Waals surface area contributed by atoms with Crippen molar-refractivity contribution >= 4 is 17.6 Å². The number of carboxylic acid groups (broad SMARTS) is 1. The monoisotopic (exact) mass is 275 g/mol. The summed E-state index contributed by atoms with van der Waals surface area (Å²) in [6.07, 6.45) is 2.13. The standard InChI is InChI=1S/C14H13NO5/c16-9-3-5-12(11(8-9)14(18)19)15-13(17)6-4-10-2-1-7-20-10/h1-3,5,7-8,16H,4,6H2,(H,15,17)(H,18,19). The normalized spacial score (nSPS) is 10.2. The van der Waals surface area contributed by atoms with Gasteiger partial charge in [-0.1, -0.05) is 0 Å². The summed E-state index contributed by atoms with van der Waals surface area (Å²) in [4.78, 5) is 22.8. The first-order chi connectivity index (χ1) is 9.56. The number of aryl methyl sites for hydroxylation is 1. The number of anilines is 1. The Kier molecular flexibility index (Phi) is 4.05. The SMILES string of the molecule is O=C(CCc1ccco1)Nc1ccc(O)cc1C(=O)O. The van der Waals surface area contributed by atoms with Gasteiger partial charge < -0.3 is 19.9 Å². The molecule has 0 unspecified atom stereocenters. The van der Waals surface area contributed by atoms with Crippen LogP contribution in [0, 0.1) is 0 Å². The molecule has 0 spiro atoms. The van der Waals surface area contributed by atoms with E-state index in [0.717, 1.165) is 6.07 Å². The van der Waals surface area contributed by atoms with Gasteiger partial charge in [-0.3, -0.25) is 4.79 Å². The highest BCUT2D eigenvalue weighted by molar-refractivity contribution is 6.00. The molecule has 0 saturated carbocycles. The topological polar surface area (TPSA) is 99.8 Å². The molecule has 0 aliphatic carbocycles. The summed E-state index contributed by atoms with van der Waals surface area (Å²) in [6.45, 7) is 0. The fourth-order valence-corrected chi connectivity index (χ4v) is 1.72. The first-order valence-corrected chi connectivity index (χ1v) is 5.95. The van der Waals surface area contributed by atoms with Gasteiger partial charge >= 0.3 is 5.97 Å². The summed E-state index contributed by atoms with van der Waals surface area (Å²) in [7, 11) is 0. The maximum absolute atomic E-state index is 11.8. The number of phenols is 1. The quantitative estimate of drug-likeness (QED) is 0.727. The third kappa shape index (κ3) is 3.38. The molecule has 2 rings (SSSR count). The molecule has 0 aliphatic rings. The number of aromatic carboxylic acids is 1. The second-order valence-electron chi connectivity index (χ2n) is 4.16. The molecular formula is C14H13NO5. The number of carbonyl (C=O) groups is 2. The third-order valence-electron chi connectivity index (χ3n) is 2.69. The van der Waals surface area contributed by atoms with E-state index in [0.29, 0.717) is 12.2 Å². The minimum Gasteiger partial charge on any atom is -0.508 e. The second kappa shape index (κ2) is 5.92. The van der Waals surface area contributed by atoms with Gasteiger partial charge in [0.2, 0.25) is 5.91 Å². The average Bonchev–Trinajstić information content (AvgIpc) is 2.91. The van der Waals surface area contributed by atoms with Crippen LogP contribution < -0.4 is 5.32 Å². The maximum atomic E-state index is 11.8. The summed E-state index contributed by atoms with van der Waals surface area (Å²) in [5, 5.41) is 20.8. The smallest absolute Gasteiger partial charge is 0.337 e. The lowest BCUT2D eigenvalue weighted by Crippen LogP contribution is -2.15. The van der Waals surface area contributed by atoms with Crippen LogP contribution in [0.15, 0.2) is 41.0 Å². The van der Waals surface area contributed by atoms with E-state index in [2.05, 4.69) is 5.32 Å². The van der Waals surface area contributed by atoms with Gasteiger partial charge in [-0.15, -0.1) is 0 Å². The van der Waals surface area contributed by atoms with Crippen molar-refractivity contribution in [3.05, 3.63) is 47.9 Å². The van der Waals surface area contributed by atoms with Gasteiger partial charge in [0, 0.05) is 12.8 Å². The number of nitrogens with one attached hydrogen (secondary N) is 1. The zero-order valence-electron chi connectivity index (χ0n) is 10.5. The largest absolute Gasteiger partial charge is 0.508 e. The van der Waals surface area contributed by atoms with E-state index >= 15 is 0 Å². The lowest BCUT2D eigenvalue weighted by molar-refractivity contribution is -0.116. The summed E-state index contributed by atoms with van der Waals surface area (Å²) in [5.74, 6) is -1.03. The number of carbonyl (C=O) groups excluding carboxylic acids is 1. The summed E-state index contributed by atoms with van der Waals surface area (Å²) >= 11 is 0. The molecule has 0 atom stereocenters. The van der Waals surface area contributed by atoms with Gasteiger partial charge in [-0.2, -0.15) is 0 Å². The number of furan rings is 1. The Hall–Kier alpha value is -2.76. The number of hydrogen-bond donors (Lipinski definition) is 3. The van der Waals surface area contributed by atoms with Crippen molar-refractivity contribution in [3.63, 3.8) is 0 Å². The Balaban J connectivity index is 2.02. The van der Waals surface area contributed by atoms with E-state index in [-0.39, 0.29) is 29.3 Å². The van der Waals surface area contributed by atoms with Crippen molar-refractivity contribution in [1.82, 2.24) is 0 Å². The fourth-order valence-electron chi connectivity index (χ4n) is 1.72. The highest BCUT2D eigenvalue weighted by Gasteiger charge is 2.13. The van der Waals surface area contributed by atoms with Crippen molar-refractivity contribution in [2.45, 2.75) is 12.8 Å². The lowest BCUT2D eigenvalue weighted by Gasteiger charge is -2.08. The number of aromatic hydroxyl groups is 1. The van der Waals surface area contributed by atoms with E-state index in [9.17, 15) is 14.7 Å². The van der Waals surface area contributed by atoms with E-state index in [1.165, 1.54) is 18.4 Å². The zero-order chi connectivity index (χ0) is 14.5. The second-order valence-corrected chi connectivity index (χ2v) is 4.16. The molecule has 1 aromatic carbocycles. The van der Waals surface area contributed by atoms with Crippen molar-refractivity contribution in [3.8, 4) is 5.75 Å². The van der Waals surface area contributed by atoms with E-state index in [4.69, 9.17) is 9.52 Å². The lowest BCUT2D eigenvalue weighted by atomic mass is 10.1. The number of amides is 1. The molecular weight excluding hydrogens is 262 g/mol. The zero-order valence-corrected chi connectivity index (χ0v) is 10.5. The predicted molar refractivity (Wildman–Crippen MR) is 70.7 cm³/mol. The minimum atomic E-state index is -1.22. The van der Waals surface area contributed by atoms with Crippen LogP contribution in [0.1, 0.15) is 22.5 Å². The molecule has 6 heteroatoms. The molecule has 3 N–H and O–H groups in total. The highest BCUT2D eigenvalue weighted by atomic mass is 16.4. The van der Waals surface area contributed by atoms with Gasteiger partial charge in [0.25, 0.3) is 0 Å². The number of phenolic OH excluding ortho intramolecular Hbond substituents is 1. The Labute approximate surface area is 114 Å². The molecule has 1 heterocycles. The average molecular weight is 275 g/mol. The molecule has 0 radical (unpaired) electrons. The molecule has 2 aromatic rings. The highest BCUT2D eigenvalue weighted by Crippen LogP contribution is 2.21. The van der Waals surface area contributed by atoms with Crippen LogP contribution in [0.2, 0.25) is 0 Å². The molecule has 0 fully saturated rings.